The number of fused-ring (bicyclic) bond motifs is 1. The van der Waals surface area contributed by atoms with Crippen molar-refractivity contribution in [3.63, 3.8) is 0 Å². The lowest BCUT2D eigenvalue weighted by molar-refractivity contribution is -0.127. The largest absolute Gasteiger partial charge is 0.481 e. The summed E-state index contributed by atoms with van der Waals surface area (Å²) in [6, 6.07) is 22.4. The molecule has 0 aromatic heterocycles. The lowest BCUT2D eigenvalue weighted by atomic mass is 10.1. The van der Waals surface area contributed by atoms with Crippen molar-refractivity contribution >= 4 is 28.4 Å². The number of amides is 1. The molecule has 1 amide bonds. The predicted molar refractivity (Wildman–Crippen MR) is 109 cm³/mol. The second-order valence-corrected chi connectivity index (χ2v) is 7.39. The van der Waals surface area contributed by atoms with E-state index in [1.54, 1.807) is 18.7 Å². The Balaban J connectivity index is 1.45. The van der Waals surface area contributed by atoms with Crippen LogP contribution in [0.2, 0.25) is 0 Å². The van der Waals surface area contributed by atoms with E-state index in [1.807, 2.05) is 36.4 Å². The number of hydrogen-bond acceptors (Lipinski definition) is 3. The smallest absolute Gasteiger partial charge is 0.260 e. The third-order valence-corrected chi connectivity index (χ3v) is 5.11. The van der Waals surface area contributed by atoms with Crippen LogP contribution in [0.15, 0.2) is 71.6 Å². The summed E-state index contributed by atoms with van der Waals surface area (Å²) in [4.78, 5) is 13.4. The fourth-order valence-corrected chi connectivity index (χ4v) is 3.39. The molecule has 26 heavy (non-hydrogen) atoms. The molecule has 1 unspecified atom stereocenters. The first-order valence-electron chi connectivity index (χ1n) is 8.74. The minimum Gasteiger partial charge on any atom is -0.481 e. The molecule has 0 spiro atoms. The van der Waals surface area contributed by atoms with E-state index in [9.17, 15) is 4.79 Å². The van der Waals surface area contributed by atoms with Crippen LogP contribution >= 0.6 is 11.8 Å². The molecule has 0 aliphatic rings. The van der Waals surface area contributed by atoms with E-state index < -0.39 is 6.10 Å². The van der Waals surface area contributed by atoms with Gasteiger partial charge in [0.2, 0.25) is 0 Å². The van der Waals surface area contributed by atoms with Gasteiger partial charge in [-0.3, -0.25) is 4.79 Å². The van der Waals surface area contributed by atoms with Gasteiger partial charge in [-0.15, -0.1) is 11.8 Å². The Bertz CT molecular complexity index is 877. The van der Waals surface area contributed by atoms with Crippen LogP contribution in [-0.2, 0) is 4.79 Å². The molecule has 0 saturated carbocycles. The van der Waals surface area contributed by atoms with Gasteiger partial charge in [0.1, 0.15) is 5.75 Å². The lowest BCUT2D eigenvalue weighted by Gasteiger charge is -2.15. The molecular formula is C22H23NO2S. The fraction of sp³-hybridized carbons (Fsp3) is 0.227. The first-order chi connectivity index (χ1) is 12.6. The van der Waals surface area contributed by atoms with Gasteiger partial charge in [-0.05, 0) is 48.9 Å². The summed E-state index contributed by atoms with van der Waals surface area (Å²) in [5, 5.41) is 5.20. The number of aryl methyl sites for hydroxylation is 1. The third-order valence-electron chi connectivity index (χ3n) is 4.09. The summed E-state index contributed by atoms with van der Waals surface area (Å²) < 4.78 is 5.79. The number of carbonyl (C=O) groups excluding carboxylic acids is 1. The number of carbonyl (C=O) groups is 1. The highest BCUT2D eigenvalue weighted by Crippen LogP contribution is 2.21. The highest BCUT2D eigenvalue weighted by molar-refractivity contribution is 7.99. The van der Waals surface area contributed by atoms with Crippen molar-refractivity contribution < 1.29 is 9.53 Å². The molecule has 0 radical (unpaired) electrons. The first-order valence-corrected chi connectivity index (χ1v) is 9.73. The topological polar surface area (TPSA) is 38.3 Å². The maximum absolute atomic E-state index is 12.2. The first kappa shape index (κ1) is 18.3. The zero-order chi connectivity index (χ0) is 18.4. The zero-order valence-corrected chi connectivity index (χ0v) is 15.9. The van der Waals surface area contributed by atoms with Crippen LogP contribution in [0.4, 0.5) is 0 Å². The summed E-state index contributed by atoms with van der Waals surface area (Å²) in [6.07, 6.45) is -0.527. The molecule has 0 fully saturated rings. The van der Waals surface area contributed by atoms with Gasteiger partial charge < -0.3 is 10.1 Å². The molecule has 0 heterocycles. The molecule has 0 aliphatic heterocycles. The maximum atomic E-state index is 12.2. The van der Waals surface area contributed by atoms with Crippen LogP contribution < -0.4 is 10.1 Å². The molecule has 1 atom stereocenters. The summed E-state index contributed by atoms with van der Waals surface area (Å²) in [5.74, 6) is 1.44. The number of benzene rings is 3. The molecule has 3 aromatic carbocycles. The van der Waals surface area contributed by atoms with E-state index in [-0.39, 0.29) is 5.91 Å². The highest BCUT2D eigenvalue weighted by Gasteiger charge is 2.14. The van der Waals surface area contributed by atoms with Gasteiger partial charge in [-0.1, -0.05) is 48.0 Å². The molecule has 4 heteroatoms. The van der Waals surface area contributed by atoms with Crippen molar-refractivity contribution in [1.82, 2.24) is 5.32 Å². The van der Waals surface area contributed by atoms with Crippen LogP contribution in [0.5, 0.6) is 5.75 Å². The minimum absolute atomic E-state index is 0.0948. The van der Waals surface area contributed by atoms with Gasteiger partial charge in [0, 0.05) is 17.2 Å². The van der Waals surface area contributed by atoms with E-state index >= 15 is 0 Å². The normalized spacial score (nSPS) is 11.9. The van der Waals surface area contributed by atoms with Gasteiger partial charge in [0.05, 0.1) is 0 Å². The van der Waals surface area contributed by atoms with Crippen molar-refractivity contribution in [2.24, 2.45) is 0 Å². The number of ether oxygens (including phenoxy) is 1. The number of nitrogens with one attached hydrogen (secondary N) is 1. The second-order valence-electron chi connectivity index (χ2n) is 6.22. The van der Waals surface area contributed by atoms with E-state index in [1.165, 1.54) is 10.5 Å². The Labute approximate surface area is 158 Å². The van der Waals surface area contributed by atoms with Crippen LogP contribution in [0, 0.1) is 6.92 Å². The summed E-state index contributed by atoms with van der Waals surface area (Å²) >= 11 is 1.73. The number of hydrogen-bond donors (Lipinski definition) is 1. The van der Waals surface area contributed by atoms with Crippen molar-refractivity contribution in [2.75, 3.05) is 12.3 Å². The molecular weight excluding hydrogens is 342 g/mol. The molecule has 0 aliphatic carbocycles. The SMILES string of the molecule is Cc1ccc(SCCNC(=O)C(C)Oc2ccc3ccccc3c2)cc1. The molecule has 0 saturated heterocycles. The molecule has 134 valence electrons. The van der Waals surface area contributed by atoms with Gasteiger partial charge in [-0.2, -0.15) is 0 Å². The predicted octanol–water partition coefficient (Wildman–Crippen LogP) is 4.82. The average molecular weight is 365 g/mol. The minimum atomic E-state index is -0.527. The molecule has 3 nitrogen and oxygen atoms in total. The molecule has 1 N–H and O–H groups in total. The van der Waals surface area contributed by atoms with Crippen molar-refractivity contribution in [2.45, 2.75) is 24.8 Å². The van der Waals surface area contributed by atoms with Crippen LogP contribution in [-0.4, -0.2) is 24.3 Å². The van der Waals surface area contributed by atoms with Crippen molar-refractivity contribution in [3.05, 3.63) is 72.3 Å². The van der Waals surface area contributed by atoms with Crippen LogP contribution in [0.25, 0.3) is 10.8 Å². The maximum Gasteiger partial charge on any atom is 0.260 e. The van der Waals surface area contributed by atoms with E-state index in [0.29, 0.717) is 12.3 Å². The van der Waals surface area contributed by atoms with Crippen LogP contribution in [0.3, 0.4) is 0 Å². The summed E-state index contributed by atoms with van der Waals surface area (Å²) in [6.45, 7) is 4.46. The summed E-state index contributed by atoms with van der Waals surface area (Å²) in [7, 11) is 0. The zero-order valence-electron chi connectivity index (χ0n) is 15.1. The van der Waals surface area contributed by atoms with Gasteiger partial charge >= 0.3 is 0 Å². The second kappa shape index (κ2) is 8.77. The monoisotopic (exact) mass is 365 g/mol. The standard InChI is InChI=1S/C22H23NO2S/c1-16-7-11-21(12-8-16)26-14-13-23-22(24)17(2)25-20-10-9-18-5-3-4-6-19(18)15-20/h3-12,15,17H,13-14H2,1-2H3,(H,23,24). The van der Waals surface area contributed by atoms with Crippen LogP contribution in [0.1, 0.15) is 12.5 Å². The van der Waals surface area contributed by atoms with E-state index in [4.69, 9.17) is 4.74 Å². The lowest BCUT2D eigenvalue weighted by Crippen LogP contribution is -2.37. The van der Waals surface area contributed by atoms with E-state index in [2.05, 4.69) is 42.6 Å². The van der Waals surface area contributed by atoms with Gasteiger partial charge in [-0.25, -0.2) is 0 Å². The number of thioether (sulfide) groups is 1. The Morgan fingerprint density at radius 3 is 2.54 bits per heavy atom. The van der Waals surface area contributed by atoms with E-state index in [0.717, 1.165) is 16.5 Å². The Kier molecular flexibility index (Phi) is 6.18. The Hall–Kier alpha value is -2.46. The highest BCUT2D eigenvalue weighted by atomic mass is 32.2. The average Bonchev–Trinajstić information content (AvgIpc) is 2.66. The van der Waals surface area contributed by atoms with Gasteiger partial charge in [0.25, 0.3) is 5.91 Å². The Morgan fingerprint density at radius 1 is 1.04 bits per heavy atom. The molecule has 3 rings (SSSR count). The third kappa shape index (κ3) is 5.02. The number of rotatable bonds is 7. The molecule has 0 bridgehead atoms. The fourth-order valence-electron chi connectivity index (χ4n) is 2.62. The Morgan fingerprint density at radius 2 is 1.77 bits per heavy atom. The van der Waals surface area contributed by atoms with Crippen molar-refractivity contribution in [1.29, 1.82) is 0 Å². The summed E-state index contributed by atoms with van der Waals surface area (Å²) in [5.41, 5.74) is 1.25. The quantitative estimate of drug-likeness (QED) is 0.482. The van der Waals surface area contributed by atoms with Gasteiger partial charge in [0.15, 0.2) is 6.10 Å². The molecule has 3 aromatic rings. The van der Waals surface area contributed by atoms with Crippen molar-refractivity contribution in [3.8, 4) is 5.75 Å².